The van der Waals surface area contributed by atoms with Gasteiger partial charge in [-0.25, -0.2) is 21.1 Å². The molecule has 0 aromatic heterocycles. The Bertz CT molecular complexity index is 1010. The molecule has 0 aliphatic carbocycles. The summed E-state index contributed by atoms with van der Waals surface area (Å²) in [5, 5.41) is 0. The van der Waals surface area contributed by atoms with Crippen molar-refractivity contribution in [1.82, 2.24) is 4.31 Å². The van der Waals surface area contributed by atoms with Crippen LogP contribution in [0.25, 0.3) is 0 Å². The number of benzene rings is 2. The maximum Gasteiger partial charge on any atom is 0.261 e. The third-order valence-electron chi connectivity index (χ3n) is 3.36. The van der Waals surface area contributed by atoms with Gasteiger partial charge in [0, 0.05) is 18.6 Å². The van der Waals surface area contributed by atoms with E-state index < -0.39 is 20.0 Å². The van der Waals surface area contributed by atoms with Crippen LogP contribution in [0.5, 0.6) is 5.75 Å². The van der Waals surface area contributed by atoms with Crippen LogP contribution in [-0.2, 0) is 20.0 Å². The van der Waals surface area contributed by atoms with Crippen LogP contribution in [0.2, 0.25) is 0 Å². The molecule has 0 heterocycles. The van der Waals surface area contributed by atoms with E-state index in [4.69, 9.17) is 4.74 Å². The molecular formula is C16H19BrN2O5S2. The first-order valence-corrected chi connectivity index (χ1v) is 11.3. The Hall–Kier alpha value is -1.62. The van der Waals surface area contributed by atoms with Gasteiger partial charge in [0.1, 0.15) is 10.6 Å². The van der Waals surface area contributed by atoms with Crippen molar-refractivity contribution in [3.8, 4) is 5.75 Å². The van der Waals surface area contributed by atoms with Crippen LogP contribution < -0.4 is 9.46 Å². The normalized spacial score (nSPS) is 12.2. The number of sulfonamides is 2. The van der Waals surface area contributed by atoms with E-state index in [1.165, 1.54) is 44.4 Å². The summed E-state index contributed by atoms with van der Waals surface area (Å²) < 4.78 is 59.5. The molecule has 2 aromatic rings. The first-order chi connectivity index (χ1) is 12.1. The summed E-state index contributed by atoms with van der Waals surface area (Å²) in [7, 11) is -4.90. The summed E-state index contributed by atoms with van der Waals surface area (Å²) >= 11 is 3.23. The molecule has 7 nitrogen and oxygen atoms in total. The number of hydrogen-bond acceptors (Lipinski definition) is 5. The number of anilines is 1. The van der Waals surface area contributed by atoms with Gasteiger partial charge in [-0.3, -0.25) is 4.72 Å². The summed E-state index contributed by atoms with van der Waals surface area (Å²) in [6.45, 7) is 2.01. The van der Waals surface area contributed by atoms with E-state index in [9.17, 15) is 16.8 Å². The van der Waals surface area contributed by atoms with E-state index in [1.807, 2.05) is 0 Å². The van der Waals surface area contributed by atoms with Gasteiger partial charge in [-0.15, -0.1) is 0 Å². The SMILES string of the molecule is CCOc1ccc(NS(=O)(=O)c2cccc(Br)c2)cc1S(=O)(=O)N(C)C. The van der Waals surface area contributed by atoms with Gasteiger partial charge in [0.2, 0.25) is 10.0 Å². The number of nitrogens with one attached hydrogen (secondary N) is 1. The van der Waals surface area contributed by atoms with Crippen LogP contribution >= 0.6 is 15.9 Å². The number of halogens is 1. The average Bonchev–Trinajstić information content (AvgIpc) is 2.56. The maximum atomic E-state index is 12.5. The van der Waals surface area contributed by atoms with Gasteiger partial charge in [-0.2, -0.15) is 0 Å². The Labute approximate surface area is 162 Å². The molecule has 1 N–H and O–H groups in total. The third kappa shape index (κ3) is 4.56. The molecule has 2 aromatic carbocycles. The molecule has 0 atom stereocenters. The van der Waals surface area contributed by atoms with Crippen LogP contribution in [0.3, 0.4) is 0 Å². The van der Waals surface area contributed by atoms with Crippen molar-refractivity contribution in [1.29, 1.82) is 0 Å². The molecule has 2 rings (SSSR count). The zero-order valence-corrected chi connectivity index (χ0v) is 17.7. The highest BCUT2D eigenvalue weighted by Gasteiger charge is 2.24. The van der Waals surface area contributed by atoms with Crippen molar-refractivity contribution in [2.24, 2.45) is 0 Å². The summed E-state index contributed by atoms with van der Waals surface area (Å²) in [5.74, 6) is 0.159. The lowest BCUT2D eigenvalue weighted by Gasteiger charge is -2.17. The highest BCUT2D eigenvalue weighted by molar-refractivity contribution is 9.10. The quantitative estimate of drug-likeness (QED) is 0.682. The molecule has 10 heteroatoms. The average molecular weight is 463 g/mol. The summed E-state index contributed by atoms with van der Waals surface area (Å²) in [6.07, 6.45) is 0. The fourth-order valence-corrected chi connectivity index (χ4v) is 4.79. The predicted octanol–water partition coefficient (Wildman–Crippen LogP) is 2.90. The lowest BCUT2D eigenvalue weighted by Crippen LogP contribution is -2.23. The second-order valence-corrected chi connectivity index (χ2v) is 10.2. The predicted molar refractivity (Wildman–Crippen MR) is 103 cm³/mol. The van der Waals surface area contributed by atoms with Crippen molar-refractivity contribution < 1.29 is 21.6 Å². The van der Waals surface area contributed by atoms with E-state index in [0.717, 1.165) is 4.31 Å². The van der Waals surface area contributed by atoms with Gasteiger partial charge in [0.25, 0.3) is 10.0 Å². The molecule has 0 saturated carbocycles. The van der Waals surface area contributed by atoms with Crippen LogP contribution in [-0.4, -0.2) is 41.8 Å². The van der Waals surface area contributed by atoms with E-state index >= 15 is 0 Å². The van der Waals surface area contributed by atoms with Gasteiger partial charge in [0.05, 0.1) is 17.2 Å². The third-order valence-corrected chi connectivity index (χ3v) is 7.07. The number of hydrogen-bond donors (Lipinski definition) is 1. The number of ether oxygens (including phenoxy) is 1. The fraction of sp³-hybridized carbons (Fsp3) is 0.250. The Morgan fingerprint density at radius 2 is 1.77 bits per heavy atom. The Balaban J connectivity index is 2.48. The fourth-order valence-electron chi connectivity index (χ4n) is 2.09. The summed E-state index contributed by atoms with van der Waals surface area (Å²) in [4.78, 5) is -0.0587. The van der Waals surface area contributed by atoms with Crippen molar-refractivity contribution in [2.75, 3.05) is 25.4 Å². The highest BCUT2D eigenvalue weighted by Crippen LogP contribution is 2.30. The van der Waals surface area contributed by atoms with E-state index in [1.54, 1.807) is 19.1 Å². The molecule has 0 amide bonds. The van der Waals surface area contributed by atoms with E-state index in [2.05, 4.69) is 20.7 Å². The van der Waals surface area contributed by atoms with Crippen molar-refractivity contribution in [2.45, 2.75) is 16.7 Å². The highest BCUT2D eigenvalue weighted by atomic mass is 79.9. The lowest BCUT2D eigenvalue weighted by atomic mass is 10.3. The van der Waals surface area contributed by atoms with Crippen LogP contribution in [0, 0.1) is 0 Å². The molecule has 0 radical (unpaired) electrons. The second kappa shape index (κ2) is 7.95. The molecule has 0 fully saturated rings. The largest absolute Gasteiger partial charge is 0.492 e. The molecule has 142 valence electrons. The molecular weight excluding hydrogens is 444 g/mol. The summed E-state index contributed by atoms with van der Waals surface area (Å²) in [6, 6.07) is 10.3. The standard InChI is InChI=1S/C16H19BrN2O5S2/c1-4-24-15-9-8-13(11-16(15)26(22,23)19(2)3)18-25(20,21)14-7-5-6-12(17)10-14/h5-11,18H,4H2,1-3H3. The topological polar surface area (TPSA) is 92.8 Å². The van der Waals surface area contributed by atoms with Gasteiger partial charge >= 0.3 is 0 Å². The number of rotatable bonds is 7. The molecule has 0 aliphatic heterocycles. The zero-order valence-electron chi connectivity index (χ0n) is 14.4. The van der Waals surface area contributed by atoms with Crippen molar-refractivity contribution in [3.05, 3.63) is 46.9 Å². The molecule has 0 aliphatic rings. The monoisotopic (exact) mass is 462 g/mol. The first kappa shape index (κ1) is 20.7. The minimum atomic E-state index is -3.87. The Kier molecular flexibility index (Phi) is 6.33. The van der Waals surface area contributed by atoms with Crippen LogP contribution in [0.4, 0.5) is 5.69 Å². The lowest BCUT2D eigenvalue weighted by molar-refractivity contribution is 0.330. The minimum absolute atomic E-state index is 0.0535. The maximum absolute atomic E-state index is 12.5. The van der Waals surface area contributed by atoms with Gasteiger partial charge in [0.15, 0.2) is 0 Å². The Morgan fingerprint density at radius 3 is 2.35 bits per heavy atom. The van der Waals surface area contributed by atoms with Crippen molar-refractivity contribution in [3.63, 3.8) is 0 Å². The van der Waals surface area contributed by atoms with Gasteiger partial charge < -0.3 is 4.74 Å². The molecule has 0 spiro atoms. The van der Waals surface area contributed by atoms with E-state index in [0.29, 0.717) is 4.47 Å². The summed E-state index contributed by atoms with van der Waals surface area (Å²) in [5.41, 5.74) is 0.119. The van der Waals surface area contributed by atoms with Crippen molar-refractivity contribution >= 4 is 41.7 Å². The number of nitrogens with zero attached hydrogens (tertiary/aromatic N) is 1. The second-order valence-electron chi connectivity index (χ2n) is 5.44. The Morgan fingerprint density at radius 1 is 1.08 bits per heavy atom. The molecule has 0 saturated heterocycles. The van der Waals surface area contributed by atoms with E-state index in [-0.39, 0.29) is 27.8 Å². The van der Waals surface area contributed by atoms with Gasteiger partial charge in [-0.1, -0.05) is 22.0 Å². The zero-order chi connectivity index (χ0) is 19.5. The minimum Gasteiger partial charge on any atom is -0.492 e. The van der Waals surface area contributed by atoms with Crippen LogP contribution in [0.15, 0.2) is 56.7 Å². The smallest absolute Gasteiger partial charge is 0.261 e. The first-order valence-electron chi connectivity index (χ1n) is 7.55. The molecule has 26 heavy (non-hydrogen) atoms. The molecule has 0 bridgehead atoms. The molecule has 0 unspecified atom stereocenters. The van der Waals surface area contributed by atoms with Gasteiger partial charge in [-0.05, 0) is 43.3 Å². The van der Waals surface area contributed by atoms with Crippen LogP contribution in [0.1, 0.15) is 6.92 Å².